The minimum absolute atomic E-state index is 0.0990. The first-order valence-corrected chi connectivity index (χ1v) is 11.1. The number of nitrogen functional groups attached to an aromatic ring is 2. The summed E-state index contributed by atoms with van der Waals surface area (Å²) in [5, 5.41) is 48.3. The number of hydrogen-bond donors (Lipinski definition) is 6. The van der Waals surface area contributed by atoms with Crippen LogP contribution in [0.5, 0.6) is 28.7 Å². The van der Waals surface area contributed by atoms with Crippen molar-refractivity contribution in [2.45, 2.75) is 31.8 Å². The zero-order valence-corrected chi connectivity index (χ0v) is 19.1. The molecule has 11 heteroatoms. The van der Waals surface area contributed by atoms with Crippen molar-refractivity contribution >= 4 is 11.4 Å². The van der Waals surface area contributed by atoms with Crippen LogP contribution in [0.3, 0.4) is 0 Å². The first-order chi connectivity index (χ1) is 17.2. The summed E-state index contributed by atoms with van der Waals surface area (Å²) in [4.78, 5) is 0. The lowest BCUT2D eigenvalue weighted by molar-refractivity contribution is -0.0476. The zero-order valence-electron chi connectivity index (χ0n) is 19.1. The number of aromatic nitrogens is 3. The molecule has 1 aliphatic rings. The molecule has 1 aliphatic heterocycles. The number of ether oxygens (including phenoxy) is 2. The summed E-state index contributed by atoms with van der Waals surface area (Å²) in [6, 6.07) is 12.3. The molecule has 2 atom stereocenters. The van der Waals surface area contributed by atoms with Crippen molar-refractivity contribution in [2.75, 3.05) is 11.5 Å². The summed E-state index contributed by atoms with van der Waals surface area (Å²) < 4.78 is 13.9. The summed E-state index contributed by atoms with van der Waals surface area (Å²) in [6.07, 6.45) is 0.726. The second-order valence-corrected chi connectivity index (χ2v) is 8.70. The molecule has 0 bridgehead atoms. The summed E-state index contributed by atoms with van der Waals surface area (Å²) in [7, 11) is 0. The van der Waals surface area contributed by atoms with Gasteiger partial charge in [-0.1, -0.05) is 11.3 Å². The van der Waals surface area contributed by atoms with Gasteiger partial charge >= 0.3 is 0 Å². The number of benzene rings is 3. The van der Waals surface area contributed by atoms with Crippen LogP contribution in [0.25, 0.3) is 0 Å². The molecule has 0 saturated heterocycles. The summed E-state index contributed by atoms with van der Waals surface area (Å²) >= 11 is 0. The van der Waals surface area contributed by atoms with Crippen molar-refractivity contribution in [3.63, 3.8) is 0 Å². The molecule has 2 heterocycles. The summed E-state index contributed by atoms with van der Waals surface area (Å²) in [6.45, 7) is 0.525. The molecular weight excluding hydrogens is 466 g/mol. The number of phenolic OH excluding ortho intramolecular Hbond substituents is 4. The van der Waals surface area contributed by atoms with E-state index >= 15 is 0 Å². The third-order valence-corrected chi connectivity index (χ3v) is 5.91. The van der Waals surface area contributed by atoms with Gasteiger partial charge in [0.15, 0.2) is 17.6 Å². The van der Waals surface area contributed by atoms with Crippen molar-refractivity contribution in [3.8, 4) is 28.7 Å². The number of nitrogens with two attached hydrogens (primary N) is 2. The summed E-state index contributed by atoms with van der Waals surface area (Å²) in [5.74, 6) is -0.516. The van der Waals surface area contributed by atoms with Crippen LogP contribution < -0.4 is 16.2 Å². The number of nitrogens with zero attached hydrogens (tertiary/aromatic N) is 3. The Bertz CT molecular complexity index is 1400. The van der Waals surface area contributed by atoms with Gasteiger partial charge in [0.05, 0.1) is 19.3 Å². The van der Waals surface area contributed by atoms with Gasteiger partial charge in [0.25, 0.3) is 0 Å². The van der Waals surface area contributed by atoms with E-state index in [0.29, 0.717) is 40.5 Å². The fraction of sp³-hybridized carbons (Fsp3) is 0.200. The molecule has 0 spiro atoms. The van der Waals surface area contributed by atoms with Gasteiger partial charge in [0.2, 0.25) is 0 Å². The zero-order chi connectivity index (χ0) is 25.4. The summed E-state index contributed by atoms with van der Waals surface area (Å²) in [5.41, 5.74) is 15.3. The molecular formula is C25H25N5O6. The van der Waals surface area contributed by atoms with E-state index in [2.05, 4.69) is 10.3 Å². The van der Waals surface area contributed by atoms with Crippen LogP contribution in [-0.2, 0) is 24.3 Å². The van der Waals surface area contributed by atoms with Gasteiger partial charge in [-0.15, -0.1) is 5.10 Å². The first kappa shape index (κ1) is 23.1. The lowest BCUT2D eigenvalue weighted by Gasteiger charge is -2.34. The number of aromatic hydroxyl groups is 4. The Balaban J connectivity index is 1.36. The Morgan fingerprint density at radius 1 is 0.944 bits per heavy atom. The highest BCUT2D eigenvalue weighted by Crippen LogP contribution is 2.43. The van der Waals surface area contributed by atoms with E-state index in [1.807, 2.05) is 12.1 Å². The molecule has 0 amide bonds. The van der Waals surface area contributed by atoms with E-state index in [-0.39, 0.29) is 36.0 Å². The minimum Gasteiger partial charge on any atom is -0.508 e. The lowest BCUT2D eigenvalue weighted by Crippen LogP contribution is -2.33. The average Bonchev–Trinajstić information content (AvgIpc) is 3.25. The fourth-order valence-electron chi connectivity index (χ4n) is 4.29. The Labute approximate surface area is 205 Å². The molecule has 5 rings (SSSR count). The minimum atomic E-state index is -0.699. The number of fused-ring (bicyclic) bond motifs is 1. The second-order valence-electron chi connectivity index (χ2n) is 8.70. The van der Waals surface area contributed by atoms with Crippen LogP contribution in [-0.4, -0.2) is 41.5 Å². The molecule has 0 fully saturated rings. The van der Waals surface area contributed by atoms with Crippen molar-refractivity contribution in [2.24, 2.45) is 0 Å². The molecule has 0 radical (unpaired) electrons. The second kappa shape index (κ2) is 9.19. The highest BCUT2D eigenvalue weighted by Gasteiger charge is 2.34. The van der Waals surface area contributed by atoms with Gasteiger partial charge in [-0.3, -0.25) is 0 Å². The normalized spacial score (nSPS) is 16.9. The quantitative estimate of drug-likeness (QED) is 0.173. The predicted octanol–water partition coefficient (Wildman–Crippen LogP) is 2.57. The fourth-order valence-corrected chi connectivity index (χ4v) is 4.29. The SMILES string of the molecule is Nc1cc(N)cc(Cn2cc(CO[C@@H]3Cc4c(O)cc(O)cc4O[C@@H]3c3ccc(O)c(O)c3)nn2)c1. The van der Waals surface area contributed by atoms with Gasteiger partial charge in [-0.05, 0) is 41.5 Å². The van der Waals surface area contributed by atoms with E-state index in [0.717, 1.165) is 5.56 Å². The number of phenols is 4. The predicted molar refractivity (Wildman–Crippen MR) is 130 cm³/mol. The topological polar surface area (TPSA) is 182 Å². The van der Waals surface area contributed by atoms with Crippen molar-refractivity contribution in [1.82, 2.24) is 15.0 Å². The Morgan fingerprint density at radius 3 is 2.47 bits per heavy atom. The van der Waals surface area contributed by atoms with Gasteiger partial charge in [0.1, 0.15) is 29.0 Å². The molecule has 11 nitrogen and oxygen atoms in total. The Hall–Kier alpha value is -4.64. The van der Waals surface area contributed by atoms with Crippen molar-refractivity contribution in [3.05, 3.63) is 77.1 Å². The smallest absolute Gasteiger partial charge is 0.157 e. The van der Waals surface area contributed by atoms with Crippen LogP contribution in [0.1, 0.15) is 28.5 Å². The number of hydrogen-bond acceptors (Lipinski definition) is 10. The molecule has 0 unspecified atom stereocenters. The van der Waals surface area contributed by atoms with Gasteiger partial charge in [-0.2, -0.15) is 0 Å². The maximum atomic E-state index is 10.3. The molecule has 0 aliphatic carbocycles. The molecule has 36 heavy (non-hydrogen) atoms. The van der Waals surface area contributed by atoms with E-state index in [1.54, 1.807) is 23.0 Å². The molecule has 8 N–H and O–H groups in total. The van der Waals surface area contributed by atoms with Crippen molar-refractivity contribution < 1.29 is 29.9 Å². The van der Waals surface area contributed by atoms with E-state index in [1.165, 1.54) is 24.3 Å². The van der Waals surface area contributed by atoms with Crippen LogP contribution in [0.2, 0.25) is 0 Å². The number of rotatable bonds is 6. The van der Waals surface area contributed by atoms with Gasteiger partial charge < -0.3 is 41.4 Å². The highest BCUT2D eigenvalue weighted by molar-refractivity contribution is 5.54. The molecule has 186 valence electrons. The van der Waals surface area contributed by atoms with Crippen LogP contribution in [0.4, 0.5) is 11.4 Å². The third kappa shape index (κ3) is 4.77. The van der Waals surface area contributed by atoms with E-state index < -0.39 is 12.2 Å². The molecule has 1 aromatic heterocycles. The maximum Gasteiger partial charge on any atom is 0.157 e. The molecule has 0 saturated carbocycles. The van der Waals surface area contributed by atoms with Crippen LogP contribution in [0.15, 0.2) is 54.7 Å². The van der Waals surface area contributed by atoms with Gasteiger partial charge in [-0.25, -0.2) is 4.68 Å². The standard InChI is InChI=1S/C25H25N5O6/c26-15-3-13(4-16(27)6-15)10-30-11-17(28-29-30)12-35-24-9-19-21(33)7-18(31)8-23(19)36-25(24)14-1-2-20(32)22(34)5-14/h1-8,11,24-25,31-34H,9-10,12,26-27H2/t24-,25-/m1/s1. The first-order valence-electron chi connectivity index (χ1n) is 11.1. The maximum absolute atomic E-state index is 10.3. The average molecular weight is 492 g/mol. The third-order valence-electron chi connectivity index (χ3n) is 5.91. The Morgan fingerprint density at radius 2 is 1.72 bits per heavy atom. The van der Waals surface area contributed by atoms with Crippen LogP contribution in [0, 0.1) is 0 Å². The van der Waals surface area contributed by atoms with Crippen molar-refractivity contribution in [1.29, 1.82) is 0 Å². The molecule has 4 aromatic rings. The van der Waals surface area contributed by atoms with Crippen LogP contribution >= 0.6 is 0 Å². The Kier molecular flexibility index (Phi) is 5.90. The molecule has 3 aromatic carbocycles. The lowest BCUT2D eigenvalue weighted by atomic mass is 9.93. The number of anilines is 2. The highest BCUT2D eigenvalue weighted by atomic mass is 16.5. The largest absolute Gasteiger partial charge is 0.508 e. The van der Waals surface area contributed by atoms with E-state index in [9.17, 15) is 20.4 Å². The van der Waals surface area contributed by atoms with Gasteiger partial charge in [0, 0.05) is 35.5 Å². The van der Waals surface area contributed by atoms with E-state index in [4.69, 9.17) is 20.9 Å². The monoisotopic (exact) mass is 491 g/mol.